The second-order valence-corrected chi connectivity index (χ2v) is 7.17. The first-order chi connectivity index (χ1) is 10.1. The van der Waals surface area contributed by atoms with Gasteiger partial charge in [-0.1, -0.05) is 35.7 Å². The van der Waals surface area contributed by atoms with E-state index in [1.165, 1.54) is 61.9 Å². The van der Waals surface area contributed by atoms with E-state index in [1.54, 1.807) is 0 Å². The van der Waals surface area contributed by atoms with Crippen molar-refractivity contribution in [3.8, 4) is 0 Å². The van der Waals surface area contributed by atoms with E-state index in [-0.39, 0.29) is 0 Å². The quantitative estimate of drug-likeness (QED) is 0.881. The van der Waals surface area contributed by atoms with Gasteiger partial charge in [0.25, 0.3) is 0 Å². The Hall–Kier alpha value is -0.860. The van der Waals surface area contributed by atoms with Gasteiger partial charge in [-0.3, -0.25) is 4.90 Å². The standard InChI is InChI=1S/C19H30N2/c1-14-10-15(2)12-17(11-14)16(3)21(19-7-8-19)13-18-6-4-5-9-20-18/h10-12,16,18-20H,4-9,13H2,1-3H3. The summed E-state index contributed by atoms with van der Waals surface area (Å²) in [5.41, 5.74) is 4.28. The minimum absolute atomic E-state index is 0.542. The van der Waals surface area contributed by atoms with Crippen molar-refractivity contribution < 1.29 is 0 Å². The highest BCUT2D eigenvalue weighted by Gasteiger charge is 2.34. The van der Waals surface area contributed by atoms with Crippen molar-refractivity contribution in [1.82, 2.24) is 10.2 Å². The summed E-state index contributed by atoms with van der Waals surface area (Å²) >= 11 is 0. The van der Waals surface area contributed by atoms with Gasteiger partial charge in [-0.2, -0.15) is 0 Å². The zero-order valence-corrected chi connectivity index (χ0v) is 13.9. The Bertz CT molecular complexity index is 452. The molecule has 0 spiro atoms. The average molecular weight is 286 g/mol. The van der Waals surface area contributed by atoms with Gasteiger partial charge in [-0.05, 0) is 58.6 Å². The van der Waals surface area contributed by atoms with E-state index in [0.717, 1.165) is 6.04 Å². The molecule has 2 nitrogen and oxygen atoms in total. The van der Waals surface area contributed by atoms with Gasteiger partial charge in [-0.25, -0.2) is 0 Å². The molecule has 1 saturated heterocycles. The largest absolute Gasteiger partial charge is 0.313 e. The zero-order chi connectivity index (χ0) is 14.8. The van der Waals surface area contributed by atoms with Gasteiger partial charge in [0.1, 0.15) is 0 Å². The molecular formula is C19H30N2. The molecule has 2 aliphatic rings. The lowest BCUT2D eigenvalue weighted by Gasteiger charge is -2.35. The highest BCUT2D eigenvalue weighted by Crippen LogP contribution is 2.35. The maximum Gasteiger partial charge on any atom is 0.0323 e. The Morgan fingerprint density at radius 3 is 2.38 bits per heavy atom. The van der Waals surface area contributed by atoms with Gasteiger partial charge >= 0.3 is 0 Å². The van der Waals surface area contributed by atoms with Gasteiger partial charge in [0, 0.05) is 24.7 Å². The maximum atomic E-state index is 3.72. The molecule has 2 heteroatoms. The van der Waals surface area contributed by atoms with Crippen molar-refractivity contribution >= 4 is 0 Å². The summed E-state index contributed by atoms with van der Waals surface area (Å²) in [6.45, 7) is 9.26. The van der Waals surface area contributed by atoms with E-state index >= 15 is 0 Å². The summed E-state index contributed by atoms with van der Waals surface area (Å²) in [6, 6.07) is 9.10. The molecule has 1 aromatic carbocycles. The number of aryl methyl sites for hydroxylation is 2. The Kier molecular flexibility index (Phi) is 4.66. The van der Waals surface area contributed by atoms with Crippen molar-refractivity contribution in [3.05, 3.63) is 34.9 Å². The molecule has 1 heterocycles. The van der Waals surface area contributed by atoms with Crippen LogP contribution in [-0.4, -0.2) is 30.1 Å². The fourth-order valence-corrected chi connectivity index (χ4v) is 3.81. The number of rotatable bonds is 5. The van der Waals surface area contributed by atoms with E-state index in [9.17, 15) is 0 Å². The fraction of sp³-hybridized carbons (Fsp3) is 0.684. The van der Waals surface area contributed by atoms with Crippen molar-refractivity contribution in [2.24, 2.45) is 0 Å². The van der Waals surface area contributed by atoms with E-state index in [2.05, 4.69) is 49.2 Å². The second-order valence-electron chi connectivity index (χ2n) is 7.17. The molecule has 2 atom stereocenters. The summed E-state index contributed by atoms with van der Waals surface area (Å²) in [5, 5.41) is 3.72. The number of nitrogens with zero attached hydrogens (tertiary/aromatic N) is 1. The first-order valence-corrected chi connectivity index (χ1v) is 8.71. The lowest BCUT2D eigenvalue weighted by molar-refractivity contribution is 0.166. The molecule has 2 unspecified atom stereocenters. The monoisotopic (exact) mass is 286 g/mol. The molecule has 0 aromatic heterocycles. The Morgan fingerprint density at radius 1 is 1.10 bits per heavy atom. The van der Waals surface area contributed by atoms with Crippen molar-refractivity contribution in [2.75, 3.05) is 13.1 Å². The Morgan fingerprint density at radius 2 is 1.81 bits per heavy atom. The van der Waals surface area contributed by atoms with Crippen LogP contribution in [0.15, 0.2) is 18.2 Å². The van der Waals surface area contributed by atoms with Crippen LogP contribution < -0.4 is 5.32 Å². The van der Waals surface area contributed by atoms with Gasteiger partial charge in [0.15, 0.2) is 0 Å². The van der Waals surface area contributed by atoms with Crippen molar-refractivity contribution in [1.29, 1.82) is 0 Å². The molecule has 1 aromatic rings. The van der Waals surface area contributed by atoms with Gasteiger partial charge in [0.2, 0.25) is 0 Å². The number of piperidine rings is 1. The smallest absolute Gasteiger partial charge is 0.0323 e. The Labute approximate surface area is 129 Å². The average Bonchev–Trinajstić information content (AvgIpc) is 3.29. The molecular weight excluding hydrogens is 256 g/mol. The summed E-state index contributed by atoms with van der Waals surface area (Å²) in [7, 11) is 0. The van der Waals surface area contributed by atoms with Crippen LogP contribution in [0.4, 0.5) is 0 Å². The normalized spacial score (nSPS) is 24.3. The van der Waals surface area contributed by atoms with Gasteiger partial charge in [0.05, 0.1) is 0 Å². The van der Waals surface area contributed by atoms with Crippen LogP contribution in [0.2, 0.25) is 0 Å². The summed E-state index contributed by atoms with van der Waals surface area (Å²) in [5.74, 6) is 0. The van der Waals surface area contributed by atoms with E-state index in [0.29, 0.717) is 12.1 Å². The predicted molar refractivity (Wildman–Crippen MR) is 89.7 cm³/mol. The van der Waals surface area contributed by atoms with Crippen molar-refractivity contribution in [2.45, 2.75) is 71.0 Å². The SMILES string of the molecule is Cc1cc(C)cc(C(C)N(CC2CCCCN2)C2CC2)c1. The third kappa shape index (κ3) is 3.87. The molecule has 1 N–H and O–H groups in total. The highest BCUT2D eigenvalue weighted by atomic mass is 15.2. The molecule has 0 bridgehead atoms. The molecule has 3 rings (SSSR count). The molecule has 2 fully saturated rings. The number of benzene rings is 1. The lowest BCUT2D eigenvalue weighted by atomic mass is 9.99. The molecule has 21 heavy (non-hydrogen) atoms. The van der Waals surface area contributed by atoms with Crippen LogP contribution in [0.3, 0.4) is 0 Å². The Balaban J connectivity index is 1.73. The van der Waals surface area contributed by atoms with Gasteiger partial charge < -0.3 is 5.32 Å². The number of hydrogen-bond acceptors (Lipinski definition) is 2. The van der Waals surface area contributed by atoms with E-state index in [4.69, 9.17) is 0 Å². The van der Waals surface area contributed by atoms with E-state index < -0.39 is 0 Å². The van der Waals surface area contributed by atoms with Crippen LogP contribution in [-0.2, 0) is 0 Å². The molecule has 116 valence electrons. The zero-order valence-electron chi connectivity index (χ0n) is 13.9. The van der Waals surface area contributed by atoms with Crippen LogP contribution >= 0.6 is 0 Å². The van der Waals surface area contributed by atoms with Gasteiger partial charge in [-0.15, -0.1) is 0 Å². The van der Waals surface area contributed by atoms with Crippen LogP contribution in [0.5, 0.6) is 0 Å². The third-order valence-electron chi connectivity index (χ3n) is 5.08. The third-order valence-corrected chi connectivity index (χ3v) is 5.08. The molecule has 1 saturated carbocycles. The highest BCUT2D eigenvalue weighted by molar-refractivity contribution is 5.30. The molecule has 1 aliphatic heterocycles. The second kappa shape index (κ2) is 6.50. The van der Waals surface area contributed by atoms with Crippen LogP contribution in [0, 0.1) is 13.8 Å². The van der Waals surface area contributed by atoms with Crippen LogP contribution in [0.25, 0.3) is 0 Å². The summed E-state index contributed by atoms with van der Waals surface area (Å²) < 4.78 is 0. The number of hydrogen-bond donors (Lipinski definition) is 1. The summed E-state index contributed by atoms with van der Waals surface area (Å²) in [4.78, 5) is 2.76. The summed E-state index contributed by atoms with van der Waals surface area (Å²) in [6.07, 6.45) is 6.88. The first kappa shape index (κ1) is 15.1. The lowest BCUT2D eigenvalue weighted by Crippen LogP contribution is -2.45. The molecule has 0 radical (unpaired) electrons. The minimum atomic E-state index is 0.542. The van der Waals surface area contributed by atoms with E-state index in [1.807, 2.05) is 0 Å². The van der Waals surface area contributed by atoms with Crippen molar-refractivity contribution in [3.63, 3.8) is 0 Å². The first-order valence-electron chi connectivity index (χ1n) is 8.71. The number of nitrogens with one attached hydrogen (secondary N) is 1. The molecule has 1 aliphatic carbocycles. The minimum Gasteiger partial charge on any atom is -0.313 e. The predicted octanol–water partition coefficient (Wildman–Crippen LogP) is 3.97. The molecule has 0 amide bonds. The topological polar surface area (TPSA) is 15.3 Å². The van der Waals surface area contributed by atoms with Crippen LogP contribution in [0.1, 0.15) is 61.8 Å². The maximum absolute atomic E-state index is 3.72. The fourth-order valence-electron chi connectivity index (χ4n) is 3.81.